The minimum Gasteiger partial charge on any atom is -0.224 e. The third-order valence-corrected chi connectivity index (χ3v) is 6.79. The van der Waals surface area contributed by atoms with E-state index in [9.17, 15) is 12.8 Å². The maximum Gasteiger partial charge on any atom is 0.178 e. The van der Waals surface area contributed by atoms with Gasteiger partial charge >= 0.3 is 0 Å². The summed E-state index contributed by atoms with van der Waals surface area (Å²) in [6, 6.07) is 5.09. The summed E-state index contributed by atoms with van der Waals surface area (Å²) >= 11 is 3.45. The summed E-state index contributed by atoms with van der Waals surface area (Å²) in [6.45, 7) is 0. The van der Waals surface area contributed by atoms with E-state index in [1.165, 1.54) is 24.3 Å². The second-order valence-corrected chi connectivity index (χ2v) is 7.60. The molecule has 0 amide bonds. The summed E-state index contributed by atoms with van der Waals surface area (Å²) in [5.41, 5.74) is -0.146. The van der Waals surface area contributed by atoms with E-state index in [-0.39, 0.29) is 16.1 Å². The lowest BCUT2D eigenvalue weighted by atomic mass is 9.92. The van der Waals surface area contributed by atoms with E-state index >= 15 is 0 Å². The predicted octanol–water partition coefficient (Wildman–Crippen LogP) is 3.55. The summed E-state index contributed by atoms with van der Waals surface area (Å²) < 4.78 is 37.5. The van der Waals surface area contributed by atoms with Crippen LogP contribution in [0.15, 0.2) is 29.2 Å². The van der Waals surface area contributed by atoms with Crippen LogP contribution in [0.25, 0.3) is 0 Å². The van der Waals surface area contributed by atoms with Gasteiger partial charge in [0.1, 0.15) is 5.82 Å². The van der Waals surface area contributed by atoms with Gasteiger partial charge in [-0.25, -0.2) is 12.8 Å². The first-order valence-electron chi connectivity index (χ1n) is 6.02. The molecule has 1 fully saturated rings. The third kappa shape index (κ3) is 2.94. The molecule has 0 saturated heterocycles. The van der Waals surface area contributed by atoms with Crippen LogP contribution in [0.5, 0.6) is 0 Å². The van der Waals surface area contributed by atoms with Crippen molar-refractivity contribution in [1.29, 1.82) is 0 Å². The Balaban J connectivity index is 2.24. The summed E-state index contributed by atoms with van der Waals surface area (Å²) in [6.07, 6.45) is 4.06. The molecule has 2 nitrogen and oxygen atoms in total. The Labute approximate surface area is 116 Å². The molecule has 1 saturated carbocycles. The molecule has 100 valence electrons. The van der Waals surface area contributed by atoms with Crippen LogP contribution in [0.3, 0.4) is 0 Å². The van der Waals surface area contributed by atoms with Crippen LogP contribution < -0.4 is 0 Å². The van der Waals surface area contributed by atoms with E-state index in [1.807, 2.05) is 0 Å². The van der Waals surface area contributed by atoms with E-state index in [0.29, 0.717) is 5.33 Å². The largest absolute Gasteiger partial charge is 0.224 e. The summed E-state index contributed by atoms with van der Waals surface area (Å²) in [7, 11) is -3.33. The SMILES string of the molecule is O=S(=O)(CC1(CBr)CCCC1)c1ccc(F)cc1. The molecule has 0 N–H and O–H groups in total. The van der Waals surface area contributed by atoms with Crippen LogP contribution in [0.4, 0.5) is 4.39 Å². The molecule has 18 heavy (non-hydrogen) atoms. The van der Waals surface area contributed by atoms with Crippen molar-refractivity contribution in [2.45, 2.75) is 30.6 Å². The highest BCUT2D eigenvalue weighted by molar-refractivity contribution is 9.09. The van der Waals surface area contributed by atoms with Crippen LogP contribution in [0, 0.1) is 11.2 Å². The lowest BCUT2D eigenvalue weighted by molar-refractivity contribution is 0.394. The van der Waals surface area contributed by atoms with Crippen LogP contribution in [0.2, 0.25) is 0 Å². The van der Waals surface area contributed by atoms with Crippen LogP contribution in [0.1, 0.15) is 25.7 Å². The maximum absolute atomic E-state index is 12.8. The molecule has 0 unspecified atom stereocenters. The van der Waals surface area contributed by atoms with Gasteiger partial charge in [0, 0.05) is 5.33 Å². The van der Waals surface area contributed by atoms with Crippen LogP contribution >= 0.6 is 15.9 Å². The van der Waals surface area contributed by atoms with E-state index in [2.05, 4.69) is 15.9 Å². The zero-order chi connectivity index (χ0) is 13.2. The maximum atomic E-state index is 12.8. The van der Waals surface area contributed by atoms with Crippen molar-refractivity contribution in [1.82, 2.24) is 0 Å². The highest BCUT2D eigenvalue weighted by Gasteiger charge is 2.37. The van der Waals surface area contributed by atoms with Crippen molar-refractivity contribution < 1.29 is 12.8 Å². The van der Waals surface area contributed by atoms with Gasteiger partial charge in [-0.2, -0.15) is 0 Å². The lowest BCUT2D eigenvalue weighted by Gasteiger charge is -2.26. The molecule has 0 heterocycles. The fourth-order valence-corrected chi connectivity index (χ4v) is 5.51. The second-order valence-electron chi connectivity index (χ2n) is 5.05. The van der Waals surface area contributed by atoms with Crippen molar-refractivity contribution >= 4 is 25.8 Å². The molecule has 2 rings (SSSR count). The minimum atomic E-state index is -3.33. The van der Waals surface area contributed by atoms with Crippen LogP contribution in [-0.4, -0.2) is 19.5 Å². The third-order valence-electron chi connectivity index (χ3n) is 3.62. The van der Waals surface area contributed by atoms with E-state index in [0.717, 1.165) is 25.7 Å². The van der Waals surface area contributed by atoms with Gasteiger partial charge < -0.3 is 0 Å². The molecule has 1 aliphatic carbocycles. The average Bonchev–Trinajstić information content (AvgIpc) is 2.78. The number of hydrogen-bond acceptors (Lipinski definition) is 2. The summed E-state index contributed by atoms with van der Waals surface area (Å²) in [4.78, 5) is 0.219. The van der Waals surface area contributed by atoms with Crippen LogP contribution in [-0.2, 0) is 9.84 Å². The summed E-state index contributed by atoms with van der Waals surface area (Å²) in [5, 5.41) is 0.709. The number of sulfone groups is 1. The fourth-order valence-electron chi connectivity index (χ4n) is 2.57. The quantitative estimate of drug-likeness (QED) is 0.623. The van der Waals surface area contributed by atoms with Crippen molar-refractivity contribution in [3.05, 3.63) is 30.1 Å². The Hall–Kier alpha value is -0.420. The summed E-state index contributed by atoms with van der Waals surface area (Å²) in [5.74, 6) is -0.262. The van der Waals surface area contributed by atoms with Crippen molar-refractivity contribution in [2.24, 2.45) is 5.41 Å². The number of alkyl halides is 1. The van der Waals surface area contributed by atoms with E-state index in [1.54, 1.807) is 0 Å². The van der Waals surface area contributed by atoms with Crippen molar-refractivity contribution in [3.63, 3.8) is 0 Å². The normalized spacial score (nSPS) is 19.0. The smallest absolute Gasteiger partial charge is 0.178 e. The molecule has 0 aromatic heterocycles. The number of halogens is 2. The highest BCUT2D eigenvalue weighted by atomic mass is 79.9. The highest BCUT2D eigenvalue weighted by Crippen LogP contribution is 2.41. The van der Waals surface area contributed by atoms with Crippen molar-refractivity contribution in [3.8, 4) is 0 Å². The number of benzene rings is 1. The molecule has 0 aliphatic heterocycles. The van der Waals surface area contributed by atoms with Gasteiger partial charge in [0.05, 0.1) is 10.6 Å². The molecule has 1 aliphatic rings. The zero-order valence-corrected chi connectivity index (χ0v) is 12.4. The molecule has 0 spiro atoms. The van der Waals surface area contributed by atoms with Gasteiger partial charge in [0.2, 0.25) is 0 Å². The van der Waals surface area contributed by atoms with Gasteiger partial charge in [-0.3, -0.25) is 0 Å². The molecule has 0 radical (unpaired) electrons. The first-order valence-corrected chi connectivity index (χ1v) is 8.79. The Morgan fingerprint density at radius 1 is 1.17 bits per heavy atom. The van der Waals surface area contributed by atoms with Gasteiger partial charge in [0.15, 0.2) is 9.84 Å². The van der Waals surface area contributed by atoms with E-state index < -0.39 is 15.7 Å². The molecule has 0 bridgehead atoms. The molecule has 5 heteroatoms. The Kier molecular flexibility index (Phi) is 4.11. The minimum absolute atomic E-state index is 0.146. The fraction of sp³-hybridized carbons (Fsp3) is 0.538. The van der Waals surface area contributed by atoms with Crippen molar-refractivity contribution in [2.75, 3.05) is 11.1 Å². The number of hydrogen-bond donors (Lipinski definition) is 0. The zero-order valence-electron chi connectivity index (χ0n) is 10.0. The lowest BCUT2D eigenvalue weighted by Crippen LogP contribution is -2.29. The molecule has 1 aromatic carbocycles. The van der Waals surface area contributed by atoms with E-state index in [4.69, 9.17) is 0 Å². The predicted molar refractivity (Wildman–Crippen MR) is 73.1 cm³/mol. The van der Waals surface area contributed by atoms with Gasteiger partial charge in [0.25, 0.3) is 0 Å². The Morgan fingerprint density at radius 2 is 1.72 bits per heavy atom. The molecule has 1 aromatic rings. The Morgan fingerprint density at radius 3 is 2.22 bits per heavy atom. The molecular formula is C13H16BrFO2S. The topological polar surface area (TPSA) is 34.1 Å². The monoisotopic (exact) mass is 334 g/mol. The number of rotatable bonds is 4. The molecular weight excluding hydrogens is 319 g/mol. The second kappa shape index (κ2) is 5.29. The first-order chi connectivity index (χ1) is 8.47. The van der Waals surface area contributed by atoms with Gasteiger partial charge in [-0.1, -0.05) is 28.8 Å². The average molecular weight is 335 g/mol. The van der Waals surface area contributed by atoms with Gasteiger partial charge in [-0.15, -0.1) is 0 Å². The standard InChI is InChI=1S/C13H16BrFO2S/c14-9-13(7-1-2-8-13)10-18(16,17)12-5-3-11(15)4-6-12/h3-6H,1-2,7-10H2. The Bertz CT molecular complexity index is 504. The molecule has 0 atom stereocenters. The first kappa shape index (κ1) is 14.0. The van der Waals surface area contributed by atoms with Gasteiger partial charge in [-0.05, 0) is 42.5 Å².